The largest absolute Gasteiger partial charge is 0.494 e. The van der Waals surface area contributed by atoms with Gasteiger partial charge >= 0.3 is 0 Å². The quantitative estimate of drug-likeness (QED) is 0.713. The molecule has 0 bridgehead atoms. The first-order valence-corrected chi connectivity index (χ1v) is 8.51. The van der Waals surface area contributed by atoms with E-state index in [1.54, 1.807) is 0 Å². The Balaban J connectivity index is 0.00000264. The summed E-state index contributed by atoms with van der Waals surface area (Å²) in [4.78, 5) is 12.1. The summed E-state index contributed by atoms with van der Waals surface area (Å²) < 4.78 is 5.60. The van der Waals surface area contributed by atoms with Crippen LogP contribution < -0.4 is 15.4 Å². The smallest absolute Gasteiger partial charge is 0.251 e. The number of hydrogen-bond acceptors (Lipinski definition) is 3. The number of nitrogens with one attached hydrogen (secondary N) is 2. The van der Waals surface area contributed by atoms with Gasteiger partial charge in [0.1, 0.15) is 5.75 Å². The van der Waals surface area contributed by atoms with Crippen LogP contribution in [0.5, 0.6) is 5.75 Å². The van der Waals surface area contributed by atoms with Gasteiger partial charge in [0, 0.05) is 12.1 Å². The van der Waals surface area contributed by atoms with E-state index in [0.717, 1.165) is 51.3 Å². The van der Waals surface area contributed by atoms with Crippen molar-refractivity contribution in [2.24, 2.45) is 5.92 Å². The molecule has 0 saturated carbocycles. The molecule has 1 aliphatic heterocycles. The van der Waals surface area contributed by atoms with E-state index in [0.29, 0.717) is 11.5 Å². The lowest BCUT2D eigenvalue weighted by Crippen LogP contribution is -2.33. The van der Waals surface area contributed by atoms with Crippen LogP contribution in [0.3, 0.4) is 0 Å². The molecule has 1 fully saturated rings. The van der Waals surface area contributed by atoms with Gasteiger partial charge in [-0.05, 0) is 69.0 Å². The molecule has 1 aromatic carbocycles. The molecular weight excluding hydrogens is 312 g/mol. The molecule has 1 aromatic rings. The van der Waals surface area contributed by atoms with Gasteiger partial charge in [-0.25, -0.2) is 0 Å². The maximum Gasteiger partial charge on any atom is 0.251 e. The van der Waals surface area contributed by atoms with E-state index in [4.69, 9.17) is 4.74 Å². The first kappa shape index (κ1) is 19.8. The highest BCUT2D eigenvalue weighted by molar-refractivity contribution is 5.94. The number of rotatable bonds is 8. The number of amides is 1. The summed E-state index contributed by atoms with van der Waals surface area (Å²) in [5.74, 6) is 1.53. The maximum atomic E-state index is 12.1. The third-order valence-corrected chi connectivity index (χ3v) is 4.12. The molecule has 1 saturated heterocycles. The molecule has 0 aliphatic carbocycles. The lowest BCUT2D eigenvalue weighted by Gasteiger charge is -2.22. The third-order valence-electron chi connectivity index (χ3n) is 4.12. The first-order valence-electron chi connectivity index (χ1n) is 8.51. The molecular formula is C18H29ClN2O2. The van der Waals surface area contributed by atoms with Crippen molar-refractivity contribution >= 4 is 18.3 Å². The van der Waals surface area contributed by atoms with Gasteiger partial charge in [-0.1, -0.05) is 13.3 Å². The van der Waals surface area contributed by atoms with Gasteiger partial charge in [0.2, 0.25) is 0 Å². The van der Waals surface area contributed by atoms with Gasteiger partial charge < -0.3 is 15.4 Å². The van der Waals surface area contributed by atoms with Crippen molar-refractivity contribution in [1.82, 2.24) is 10.6 Å². The Morgan fingerprint density at radius 3 is 2.78 bits per heavy atom. The molecule has 0 aromatic heterocycles. The summed E-state index contributed by atoms with van der Waals surface area (Å²) in [7, 11) is 0. The van der Waals surface area contributed by atoms with Gasteiger partial charge in [0.05, 0.1) is 6.61 Å². The predicted molar refractivity (Wildman–Crippen MR) is 96.6 cm³/mol. The summed E-state index contributed by atoms with van der Waals surface area (Å²) in [5, 5.41) is 6.42. The van der Waals surface area contributed by atoms with E-state index >= 15 is 0 Å². The van der Waals surface area contributed by atoms with Crippen LogP contribution in [0.4, 0.5) is 0 Å². The number of halogens is 1. The number of carbonyl (C=O) groups is 1. The van der Waals surface area contributed by atoms with E-state index < -0.39 is 0 Å². The fraction of sp³-hybridized carbons (Fsp3) is 0.611. The minimum absolute atomic E-state index is 0. The lowest BCUT2D eigenvalue weighted by atomic mass is 9.96. The average Bonchev–Trinajstić information content (AvgIpc) is 2.56. The second kappa shape index (κ2) is 11.3. The minimum atomic E-state index is 0. The highest BCUT2D eigenvalue weighted by Crippen LogP contribution is 2.14. The molecule has 2 rings (SSSR count). The molecule has 1 aliphatic rings. The van der Waals surface area contributed by atoms with E-state index in [1.165, 1.54) is 12.8 Å². The Bertz CT molecular complexity index is 445. The van der Waals surface area contributed by atoms with Crippen LogP contribution in [0.25, 0.3) is 0 Å². The van der Waals surface area contributed by atoms with Crippen molar-refractivity contribution in [3.05, 3.63) is 29.8 Å². The second-order valence-electron chi connectivity index (χ2n) is 5.98. The number of unbranched alkanes of at least 4 members (excludes halogenated alkanes) is 1. The van der Waals surface area contributed by atoms with Crippen molar-refractivity contribution in [2.75, 3.05) is 26.2 Å². The lowest BCUT2D eigenvalue weighted by molar-refractivity contribution is 0.0950. The fourth-order valence-corrected chi connectivity index (χ4v) is 2.70. The summed E-state index contributed by atoms with van der Waals surface area (Å²) in [6.45, 7) is 5.84. The van der Waals surface area contributed by atoms with Crippen molar-refractivity contribution in [1.29, 1.82) is 0 Å². The fourth-order valence-electron chi connectivity index (χ4n) is 2.70. The number of benzene rings is 1. The average molecular weight is 341 g/mol. The molecule has 0 radical (unpaired) electrons. The summed E-state index contributed by atoms with van der Waals surface area (Å²) in [6, 6.07) is 7.41. The highest BCUT2D eigenvalue weighted by atomic mass is 35.5. The molecule has 23 heavy (non-hydrogen) atoms. The van der Waals surface area contributed by atoms with Crippen molar-refractivity contribution in [2.45, 2.75) is 39.0 Å². The first-order chi connectivity index (χ1) is 10.8. The molecule has 0 spiro atoms. The van der Waals surface area contributed by atoms with E-state index in [2.05, 4.69) is 17.6 Å². The highest BCUT2D eigenvalue weighted by Gasteiger charge is 2.13. The number of piperidine rings is 1. The molecule has 2 N–H and O–H groups in total. The monoisotopic (exact) mass is 340 g/mol. The molecule has 130 valence electrons. The Morgan fingerprint density at radius 2 is 2.13 bits per heavy atom. The molecule has 1 amide bonds. The van der Waals surface area contributed by atoms with Gasteiger partial charge in [-0.15, -0.1) is 12.4 Å². The zero-order valence-electron chi connectivity index (χ0n) is 14.0. The van der Waals surface area contributed by atoms with Crippen LogP contribution in [0.15, 0.2) is 24.3 Å². The zero-order chi connectivity index (χ0) is 15.6. The Labute approximate surface area is 145 Å². The predicted octanol–water partition coefficient (Wildman–Crippen LogP) is 3.41. The van der Waals surface area contributed by atoms with Gasteiger partial charge in [-0.3, -0.25) is 4.79 Å². The SMILES string of the molecule is CCCCOc1ccc(C(=O)NCCC2CCCNC2)cc1.Cl. The third kappa shape index (κ3) is 7.23. The molecule has 1 heterocycles. The number of hydrogen-bond donors (Lipinski definition) is 2. The Hall–Kier alpha value is -1.26. The summed E-state index contributed by atoms with van der Waals surface area (Å²) in [5.41, 5.74) is 0.699. The van der Waals surface area contributed by atoms with Crippen LogP contribution >= 0.6 is 12.4 Å². The van der Waals surface area contributed by atoms with Crippen LogP contribution in [0, 0.1) is 5.92 Å². The summed E-state index contributed by atoms with van der Waals surface area (Å²) >= 11 is 0. The molecule has 5 heteroatoms. The van der Waals surface area contributed by atoms with Crippen LogP contribution in [0.1, 0.15) is 49.4 Å². The van der Waals surface area contributed by atoms with Crippen LogP contribution in [-0.4, -0.2) is 32.1 Å². The van der Waals surface area contributed by atoms with Gasteiger partial charge in [-0.2, -0.15) is 0 Å². The zero-order valence-corrected chi connectivity index (χ0v) is 14.8. The van der Waals surface area contributed by atoms with E-state index in [-0.39, 0.29) is 18.3 Å². The van der Waals surface area contributed by atoms with Crippen molar-refractivity contribution in [3.63, 3.8) is 0 Å². The second-order valence-corrected chi connectivity index (χ2v) is 5.98. The van der Waals surface area contributed by atoms with Crippen molar-refractivity contribution in [3.8, 4) is 5.75 Å². The van der Waals surface area contributed by atoms with Gasteiger partial charge in [0.25, 0.3) is 5.91 Å². The molecule has 1 atom stereocenters. The molecule has 4 nitrogen and oxygen atoms in total. The summed E-state index contributed by atoms with van der Waals surface area (Å²) in [6.07, 6.45) is 5.75. The number of ether oxygens (including phenoxy) is 1. The van der Waals surface area contributed by atoms with Crippen molar-refractivity contribution < 1.29 is 9.53 Å². The standard InChI is InChI=1S/C18H28N2O2.ClH/c1-2-3-13-22-17-8-6-16(7-9-17)18(21)20-12-10-15-5-4-11-19-14-15;/h6-9,15,19H,2-5,10-14H2,1H3,(H,20,21);1H. The van der Waals surface area contributed by atoms with Crippen LogP contribution in [-0.2, 0) is 0 Å². The Morgan fingerprint density at radius 1 is 1.35 bits per heavy atom. The normalized spacial score (nSPS) is 17.2. The maximum absolute atomic E-state index is 12.1. The number of carbonyl (C=O) groups excluding carboxylic acids is 1. The van der Waals surface area contributed by atoms with Crippen LogP contribution in [0.2, 0.25) is 0 Å². The Kier molecular flexibility index (Phi) is 9.72. The topological polar surface area (TPSA) is 50.4 Å². The molecule has 1 unspecified atom stereocenters. The minimum Gasteiger partial charge on any atom is -0.494 e. The van der Waals surface area contributed by atoms with E-state index in [9.17, 15) is 4.79 Å². The van der Waals surface area contributed by atoms with Gasteiger partial charge in [0.15, 0.2) is 0 Å². The van der Waals surface area contributed by atoms with E-state index in [1.807, 2.05) is 24.3 Å².